The molecule has 1 aromatic heterocycles. The molecule has 0 aliphatic heterocycles. The van der Waals surface area contributed by atoms with Crippen molar-refractivity contribution in [1.29, 1.82) is 0 Å². The molecule has 0 bridgehead atoms. The molecule has 90 valence electrons. The Kier molecular flexibility index (Phi) is 5.35. The van der Waals surface area contributed by atoms with E-state index < -0.39 is 0 Å². The average Bonchev–Trinajstić information content (AvgIpc) is 2.29. The Hall–Kier alpha value is -1.00. The van der Waals surface area contributed by atoms with Crippen LogP contribution < -0.4 is 5.32 Å². The lowest BCUT2D eigenvalue weighted by Gasteiger charge is -2.13. The molecule has 0 saturated carbocycles. The van der Waals surface area contributed by atoms with Crippen LogP contribution in [0.2, 0.25) is 0 Å². The van der Waals surface area contributed by atoms with Crippen LogP contribution in [-0.4, -0.2) is 23.6 Å². The maximum atomic E-state index is 5.41. The lowest BCUT2D eigenvalue weighted by molar-refractivity contribution is 0.116. The van der Waals surface area contributed by atoms with E-state index in [2.05, 4.69) is 29.1 Å². The first-order valence-corrected chi connectivity index (χ1v) is 5.76. The average molecular weight is 223 g/mol. The molecule has 0 fully saturated rings. The number of nitrogens with zero attached hydrogens (tertiary/aromatic N) is 2. The molecule has 0 aliphatic rings. The van der Waals surface area contributed by atoms with Crippen molar-refractivity contribution in [3.63, 3.8) is 0 Å². The Labute approximate surface area is 97.5 Å². The highest BCUT2D eigenvalue weighted by Gasteiger charge is 2.08. The number of nitrogens with one attached hydrogen (secondary N) is 1. The molecule has 1 unspecified atom stereocenters. The predicted octanol–water partition coefficient (Wildman–Crippen LogP) is 1.99. The van der Waals surface area contributed by atoms with Crippen LogP contribution in [-0.2, 0) is 11.3 Å². The Morgan fingerprint density at radius 2 is 2.25 bits per heavy atom. The summed E-state index contributed by atoms with van der Waals surface area (Å²) in [6.07, 6.45) is 2.90. The van der Waals surface area contributed by atoms with Gasteiger partial charge in [0, 0.05) is 30.1 Å². The lowest BCUT2D eigenvalue weighted by atomic mass is 10.1. The summed E-state index contributed by atoms with van der Waals surface area (Å²) in [6.45, 7) is 7.46. The fourth-order valence-corrected chi connectivity index (χ4v) is 1.48. The van der Waals surface area contributed by atoms with Gasteiger partial charge in [-0.25, -0.2) is 9.97 Å². The van der Waals surface area contributed by atoms with Crippen molar-refractivity contribution in [1.82, 2.24) is 15.3 Å². The Morgan fingerprint density at radius 3 is 2.81 bits per heavy atom. The molecule has 0 saturated heterocycles. The number of ether oxygens (including phenoxy) is 1. The topological polar surface area (TPSA) is 47.0 Å². The van der Waals surface area contributed by atoms with E-state index in [4.69, 9.17) is 4.74 Å². The monoisotopic (exact) mass is 223 g/mol. The van der Waals surface area contributed by atoms with Crippen LogP contribution in [0.3, 0.4) is 0 Å². The molecule has 0 aliphatic carbocycles. The quantitative estimate of drug-likeness (QED) is 0.749. The SMILES string of the molecule is CCCOCc1ncc(C(C)NC)c(C)n1. The van der Waals surface area contributed by atoms with Crippen LogP contribution in [0.25, 0.3) is 0 Å². The molecule has 1 aromatic rings. The van der Waals surface area contributed by atoms with E-state index in [1.165, 1.54) is 0 Å². The second-order valence-electron chi connectivity index (χ2n) is 3.89. The first kappa shape index (κ1) is 13.1. The van der Waals surface area contributed by atoms with E-state index in [-0.39, 0.29) is 6.04 Å². The first-order chi connectivity index (χ1) is 7.69. The Balaban J connectivity index is 2.67. The van der Waals surface area contributed by atoms with Crippen LogP contribution >= 0.6 is 0 Å². The second-order valence-corrected chi connectivity index (χ2v) is 3.89. The highest BCUT2D eigenvalue weighted by Crippen LogP contribution is 2.14. The van der Waals surface area contributed by atoms with Gasteiger partial charge in [-0.3, -0.25) is 0 Å². The van der Waals surface area contributed by atoms with E-state index >= 15 is 0 Å². The maximum Gasteiger partial charge on any atom is 0.154 e. The van der Waals surface area contributed by atoms with Gasteiger partial charge in [-0.2, -0.15) is 0 Å². The molecule has 4 nitrogen and oxygen atoms in total. The molecule has 1 atom stereocenters. The van der Waals surface area contributed by atoms with Crippen LogP contribution in [0, 0.1) is 6.92 Å². The molecule has 16 heavy (non-hydrogen) atoms. The summed E-state index contributed by atoms with van der Waals surface area (Å²) in [6, 6.07) is 0.283. The highest BCUT2D eigenvalue weighted by molar-refractivity contribution is 5.19. The van der Waals surface area contributed by atoms with E-state index in [0.29, 0.717) is 6.61 Å². The van der Waals surface area contributed by atoms with Gasteiger partial charge >= 0.3 is 0 Å². The predicted molar refractivity (Wildman–Crippen MR) is 64.2 cm³/mol. The first-order valence-electron chi connectivity index (χ1n) is 5.76. The summed E-state index contributed by atoms with van der Waals surface area (Å²) in [4.78, 5) is 8.74. The molecule has 1 heterocycles. The summed E-state index contributed by atoms with van der Waals surface area (Å²) < 4.78 is 5.41. The lowest BCUT2D eigenvalue weighted by Crippen LogP contribution is -2.15. The zero-order chi connectivity index (χ0) is 12.0. The van der Waals surface area contributed by atoms with Crippen LogP contribution in [0.1, 0.15) is 43.4 Å². The smallest absolute Gasteiger partial charge is 0.154 e. The van der Waals surface area contributed by atoms with Gasteiger partial charge < -0.3 is 10.1 Å². The molecule has 0 radical (unpaired) electrons. The molecular weight excluding hydrogens is 202 g/mol. The van der Waals surface area contributed by atoms with Gasteiger partial charge in [0.25, 0.3) is 0 Å². The van der Waals surface area contributed by atoms with Crippen molar-refractivity contribution in [2.24, 2.45) is 0 Å². The minimum absolute atomic E-state index is 0.283. The third kappa shape index (κ3) is 3.54. The van der Waals surface area contributed by atoms with Crippen molar-refractivity contribution in [2.75, 3.05) is 13.7 Å². The fourth-order valence-electron chi connectivity index (χ4n) is 1.48. The van der Waals surface area contributed by atoms with Gasteiger partial charge in [-0.05, 0) is 27.3 Å². The third-order valence-corrected chi connectivity index (χ3v) is 2.55. The Morgan fingerprint density at radius 1 is 1.50 bits per heavy atom. The Bertz CT molecular complexity index is 328. The van der Waals surface area contributed by atoms with Crippen LogP contribution in [0.15, 0.2) is 6.20 Å². The summed E-state index contributed by atoms with van der Waals surface area (Å²) in [5.41, 5.74) is 2.16. The van der Waals surface area contributed by atoms with Crippen molar-refractivity contribution >= 4 is 0 Å². The zero-order valence-corrected chi connectivity index (χ0v) is 10.6. The van der Waals surface area contributed by atoms with E-state index in [9.17, 15) is 0 Å². The molecule has 0 aromatic carbocycles. The highest BCUT2D eigenvalue weighted by atomic mass is 16.5. The van der Waals surface area contributed by atoms with Crippen molar-refractivity contribution in [2.45, 2.75) is 39.8 Å². The van der Waals surface area contributed by atoms with Crippen molar-refractivity contribution in [3.8, 4) is 0 Å². The molecule has 0 spiro atoms. The third-order valence-electron chi connectivity index (χ3n) is 2.55. The number of aryl methyl sites for hydroxylation is 1. The second kappa shape index (κ2) is 6.55. The molecular formula is C12H21N3O. The number of aromatic nitrogens is 2. The van der Waals surface area contributed by atoms with Gasteiger partial charge in [0.15, 0.2) is 5.82 Å². The van der Waals surface area contributed by atoms with E-state index in [0.717, 1.165) is 30.1 Å². The maximum absolute atomic E-state index is 5.41. The fraction of sp³-hybridized carbons (Fsp3) is 0.667. The van der Waals surface area contributed by atoms with Crippen molar-refractivity contribution < 1.29 is 4.74 Å². The largest absolute Gasteiger partial charge is 0.373 e. The standard InChI is InChI=1S/C12H21N3O/c1-5-6-16-8-12-14-7-11(9(2)13-4)10(3)15-12/h7,9,13H,5-6,8H2,1-4H3. The summed E-state index contributed by atoms with van der Waals surface area (Å²) in [5.74, 6) is 0.762. The van der Waals surface area contributed by atoms with Gasteiger partial charge in [0.2, 0.25) is 0 Å². The van der Waals surface area contributed by atoms with Crippen molar-refractivity contribution in [3.05, 3.63) is 23.3 Å². The summed E-state index contributed by atoms with van der Waals surface area (Å²) in [7, 11) is 1.93. The summed E-state index contributed by atoms with van der Waals surface area (Å²) >= 11 is 0. The molecule has 1 rings (SSSR count). The zero-order valence-electron chi connectivity index (χ0n) is 10.6. The van der Waals surface area contributed by atoms with Crippen LogP contribution in [0.4, 0.5) is 0 Å². The molecule has 1 N–H and O–H groups in total. The normalized spacial score (nSPS) is 12.8. The van der Waals surface area contributed by atoms with Gasteiger partial charge in [0.1, 0.15) is 6.61 Å². The van der Waals surface area contributed by atoms with Crippen LogP contribution in [0.5, 0.6) is 0 Å². The number of hydrogen-bond acceptors (Lipinski definition) is 4. The summed E-state index contributed by atoms with van der Waals surface area (Å²) in [5, 5.41) is 3.18. The van der Waals surface area contributed by atoms with E-state index in [1.807, 2.05) is 20.2 Å². The minimum Gasteiger partial charge on any atom is -0.373 e. The molecule has 4 heteroatoms. The van der Waals surface area contributed by atoms with Gasteiger partial charge in [-0.1, -0.05) is 6.92 Å². The molecule has 0 amide bonds. The van der Waals surface area contributed by atoms with Gasteiger partial charge in [-0.15, -0.1) is 0 Å². The van der Waals surface area contributed by atoms with E-state index in [1.54, 1.807) is 0 Å². The minimum atomic E-state index is 0.283. The number of rotatable bonds is 6. The number of hydrogen-bond donors (Lipinski definition) is 1. The van der Waals surface area contributed by atoms with Gasteiger partial charge in [0.05, 0.1) is 0 Å².